The van der Waals surface area contributed by atoms with Crippen molar-refractivity contribution in [3.8, 4) is 17.2 Å². The molecule has 2 N–H and O–H groups in total. The number of aromatic hydroxyl groups is 2. The van der Waals surface area contributed by atoms with Gasteiger partial charge in [0.05, 0.1) is 6.61 Å². The van der Waals surface area contributed by atoms with Crippen molar-refractivity contribution in [3.63, 3.8) is 0 Å². The summed E-state index contributed by atoms with van der Waals surface area (Å²) in [7, 11) is 0. The zero-order chi connectivity index (χ0) is 32.8. The average molecular weight is 631 g/mol. The first-order chi connectivity index (χ1) is 22.1. The lowest BCUT2D eigenvalue weighted by Gasteiger charge is -2.23. The van der Waals surface area contributed by atoms with Crippen LogP contribution in [0.1, 0.15) is 224 Å². The van der Waals surface area contributed by atoms with Crippen LogP contribution in [0.3, 0.4) is 0 Å². The van der Waals surface area contributed by atoms with E-state index >= 15 is 0 Å². The third-order valence-electron chi connectivity index (χ3n) is 9.81. The number of benzene rings is 1. The highest BCUT2D eigenvalue weighted by molar-refractivity contribution is 5.62. The van der Waals surface area contributed by atoms with Crippen LogP contribution in [0.4, 0.5) is 0 Å². The van der Waals surface area contributed by atoms with E-state index in [1.54, 1.807) is 0 Å². The number of hydrogen-bond acceptors (Lipinski definition) is 3. The van der Waals surface area contributed by atoms with Crippen molar-refractivity contribution < 1.29 is 14.9 Å². The van der Waals surface area contributed by atoms with Crippen LogP contribution in [0.15, 0.2) is 0 Å². The Bertz CT molecular complexity index is 802. The first-order valence-electron chi connectivity index (χ1n) is 20.3. The summed E-state index contributed by atoms with van der Waals surface area (Å²) in [5.74, 6) is 0.714. The topological polar surface area (TPSA) is 49.7 Å². The molecule has 0 aliphatic rings. The van der Waals surface area contributed by atoms with Gasteiger partial charge < -0.3 is 14.9 Å². The van der Waals surface area contributed by atoms with Crippen LogP contribution in [0, 0.1) is 0 Å². The number of ether oxygens (including phenoxy) is 1. The molecule has 45 heavy (non-hydrogen) atoms. The third-order valence-corrected chi connectivity index (χ3v) is 9.81. The fraction of sp³-hybridized carbons (Fsp3) is 0.857. The molecule has 0 atom stereocenters. The second-order valence-corrected chi connectivity index (χ2v) is 14.0. The molecule has 0 heterocycles. The van der Waals surface area contributed by atoms with E-state index in [2.05, 4.69) is 27.7 Å². The summed E-state index contributed by atoms with van der Waals surface area (Å²) in [4.78, 5) is 0. The Morgan fingerprint density at radius 3 is 1.04 bits per heavy atom. The monoisotopic (exact) mass is 631 g/mol. The number of unbranched alkanes of at least 4 members (excludes halogenated alkanes) is 24. The van der Waals surface area contributed by atoms with Gasteiger partial charge in [-0.15, -0.1) is 0 Å². The third kappa shape index (κ3) is 19.8. The Morgan fingerprint density at radius 2 is 0.644 bits per heavy atom. The summed E-state index contributed by atoms with van der Waals surface area (Å²) in [6.07, 6.45) is 38.4. The van der Waals surface area contributed by atoms with E-state index in [9.17, 15) is 10.2 Å². The van der Waals surface area contributed by atoms with Gasteiger partial charge in [0, 0.05) is 11.1 Å². The van der Waals surface area contributed by atoms with Crippen molar-refractivity contribution in [1.82, 2.24) is 0 Å². The lowest BCUT2D eigenvalue weighted by Crippen LogP contribution is -2.08. The van der Waals surface area contributed by atoms with Gasteiger partial charge in [-0.05, 0) is 50.5 Å². The van der Waals surface area contributed by atoms with Crippen molar-refractivity contribution in [3.05, 3.63) is 16.7 Å². The van der Waals surface area contributed by atoms with Crippen molar-refractivity contribution >= 4 is 0 Å². The van der Waals surface area contributed by atoms with E-state index in [1.807, 2.05) is 0 Å². The molecular formula is C42H78O3. The Kier molecular flexibility index (Phi) is 27.7. The first-order valence-corrected chi connectivity index (χ1v) is 20.3. The smallest absolute Gasteiger partial charge is 0.201 e. The minimum Gasteiger partial charge on any atom is -0.504 e. The molecule has 0 aliphatic carbocycles. The molecule has 0 saturated carbocycles. The molecule has 0 saturated heterocycles. The van der Waals surface area contributed by atoms with Gasteiger partial charge in [0.25, 0.3) is 0 Å². The number of rotatable bonds is 33. The molecule has 3 nitrogen and oxygen atoms in total. The second kappa shape index (κ2) is 30.0. The summed E-state index contributed by atoms with van der Waals surface area (Å²) < 4.78 is 6.38. The summed E-state index contributed by atoms with van der Waals surface area (Å²) in [5.41, 5.74) is 3.55. The molecule has 0 unspecified atom stereocenters. The molecule has 264 valence electrons. The quantitative estimate of drug-likeness (QED) is 0.0600. The Morgan fingerprint density at radius 1 is 0.333 bits per heavy atom. The molecule has 0 fully saturated rings. The number of phenols is 2. The highest BCUT2D eigenvalue weighted by Gasteiger charge is 2.24. The first kappa shape index (κ1) is 41.6. The Hall–Kier alpha value is -1.38. The molecule has 0 radical (unpaired) electrons. The predicted octanol–water partition coefficient (Wildman–Crippen LogP) is 14.1. The van der Waals surface area contributed by atoms with Crippen molar-refractivity contribution in [2.45, 2.75) is 227 Å². The van der Waals surface area contributed by atoms with Crippen LogP contribution in [0.5, 0.6) is 17.2 Å². The molecule has 3 heteroatoms. The zero-order valence-electron chi connectivity index (χ0n) is 30.9. The van der Waals surface area contributed by atoms with Crippen LogP contribution in [0.25, 0.3) is 0 Å². The van der Waals surface area contributed by atoms with Gasteiger partial charge in [0.2, 0.25) is 5.75 Å². The molecule has 1 aromatic carbocycles. The molecule has 1 aromatic rings. The normalized spacial score (nSPS) is 11.5. The number of phenolic OH excluding ortho intramolecular Hbond substituents is 2. The molecule has 0 amide bonds. The Labute approximate surface area is 281 Å². The maximum Gasteiger partial charge on any atom is 0.201 e. The molecule has 0 spiro atoms. The van der Waals surface area contributed by atoms with Crippen molar-refractivity contribution in [2.75, 3.05) is 6.61 Å². The summed E-state index contributed by atoms with van der Waals surface area (Å²) in [6.45, 7) is 9.69. The van der Waals surface area contributed by atoms with Gasteiger partial charge in [0.1, 0.15) is 0 Å². The minimum absolute atomic E-state index is 0.00861. The van der Waals surface area contributed by atoms with E-state index in [1.165, 1.54) is 159 Å². The predicted molar refractivity (Wildman–Crippen MR) is 198 cm³/mol. The average Bonchev–Trinajstić information content (AvgIpc) is 3.04. The van der Waals surface area contributed by atoms with E-state index < -0.39 is 0 Å². The van der Waals surface area contributed by atoms with Crippen LogP contribution in [-0.4, -0.2) is 16.8 Å². The van der Waals surface area contributed by atoms with Gasteiger partial charge in [-0.3, -0.25) is 0 Å². The summed E-state index contributed by atoms with van der Waals surface area (Å²) in [5, 5.41) is 22.8. The maximum atomic E-state index is 11.4. The highest BCUT2D eigenvalue weighted by Crippen LogP contribution is 2.46. The molecule has 1 rings (SSSR count). The fourth-order valence-electron chi connectivity index (χ4n) is 6.86. The zero-order valence-corrected chi connectivity index (χ0v) is 30.9. The largest absolute Gasteiger partial charge is 0.504 e. The van der Waals surface area contributed by atoms with Crippen LogP contribution >= 0.6 is 0 Å². The molecule has 0 aliphatic heterocycles. The molecular weight excluding hydrogens is 552 g/mol. The SMILES string of the molecule is CCCCCCCCCCc1c(O)c(O)c(OCCCCCC)c(CCCCCCCCCC)c1CCCCCCCCCC. The standard InChI is InChI=1S/C42H78O3/c1-5-9-13-17-20-23-26-29-33-37-38(34-30-27-24-21-18-14-10-6-2)40(43)41(44)42(45-36-32-16-12-8-4)39(37)35-31-28-25-22-19-15-11-7-3/h43-44H,5-36H2,1-4H3. The van der Waals surface area contributed by atoms with E-state index in [-0.39, 0.29) is 11.5 Å². The maximum absolute atomic E-state index is 11.4. The summed E-state index contributed by atoms with van der Waals surface area (Å²) in [6, 6.07) is 0. The summed E-state index contributed by atoms with van der Waals surface area (Å²) >= 11 is 0. The lowest BCUT2D eigenvalue weighted by molar-refractivity contribution is 0.279. The lowest BCUT2D eigenvalue weighted by atomic mass is 9.88. The van der Waals surface area contributed by atoms with E-state index in [0.29, 0.717) is 12.4 Å². The van der Waals surface area contributed by atoms with Gasteiger partial charge >= 0.3 is 0 Å². The minimum atomic E-state index is 0.00861. The Balaban J connectivity index is 3.06. The van der Waals surface area contributed by atoms with Crippen molar-refractivity contribution in [2.24, 2.45) is 0 Å². The highest BCUT2D eigenvalue weighted by atomic mass is 16.5. The van der Waals surface area contributed by atoms with E-state index in [0.717, 1.165) is 56.9 Å². The van der Waals surface area contributed by atoms with Gasteiger partial charge in [-0.2, -0.15) is 0 Å². The fourth-order valence-corrected chi connectivity index (χ4v) is 6.86. The second-order valence-electron chi connectivity index (χ2n) is 14.0. The molecule has 0 bridgehead atoms. The van der Waals surface area contributed by atoms with Gasteiger partial charge in [-0.1, -0.05) is 182 Å². The van der Waals surface area contributed by atoms with Crippen LogP contribution in [-0.2, 0) is 19.3 Å². The van der Waals surface area contributed by atoms with Crippen molar-refractivity contribution in [1.29, 1.82) is 0 Å². The van der Waals surface area contributed by atoms with Crippen LogP contribution in [0.2, 0.25) is 0 Å². The van der Waals surface area contributed by atoms with Crippen LogP contribution < -0.4 is 4.74 Å². The van der Waals surface area contributed by atoms with Gasteiger partial charge in [0.15, 0.2) is 11.5 Å². The number of hydrogen-bond donors (Lipinski definition) is 2. The molecule has 0 aromatic heterocycles. The van der Waals surface area contributed by atoms with E-state index in [4.69, 9.17) is 4.74 Å². The van der Waals surface area contributed by atoms with Gasteiger partial charge in [-0.25, -0.2) is 0 Å².